The summed E-state index contributed by atoms with van der Waals surface area (Å²) >= 11 is 0. The van der Waals surface area contributed by atoms with E-state index < -0.39 is 42.3 Å². The number of pyridine rings is 2. The Kier molecular flexibility index (Phi) is 14.3. The van der Waals surface area contributed by atoms with Crippen molar-refractivity contribution in [1.82, 2.24) is 30.8 Å². The summed E-state index contributed by atoms with van der Waals surface area (Å²) in [6.07, 6.45) is 5.92. The number of urea groups is 1. The molecule has 0 spiro atoms. The maximum absolute atomic E-state index is 13.9. The van der Waals surface area contributed by atoms with E-state index in [1.807, 2.05) is 93.6 Å². The Labute approximate surface area is 294 Å². The molecule has 2 aromatic heterocycles. The van der Waals surface area contributed by atoms with Gasteiger partial charge in [-0.1, -0.05) is 86.6 Å². The molecule has 2 aromatic carbocycles. The lowest BCUT2D eigenvalue weighted by atomic mass is 9.93. The number of aromatic nitrogens is 2. The largest absolute Gasteiger partial charge is 0.445 e. The molecule has 0 unspecified atom stereocenters. The van der Waals surface area contributed by atoms with Crippen LogP contribution in [0.5, 0.6) is 0 Å². The summed E-state index contributed by atoms with van der Waals surface area (Å²) in [6.45, 7) is 6.02. The molecule has 0 aliphatic heterocycles. The van der Waals surface area contributed by atoms with Crippen molar-refractivity contribution in [3.05, 3.63) is 131 Å². The lowest BCUT2D eigenvalue weighted by Gasteiger charge is -2.31. The maximum atomic E-state index is 13.9. The minimum Gasteiger partial charge on any atom is -0.445 e. The number of ether oxygens (including phenoxy) is 1. The van der Waals surface area contributed by atoms with Crippen molar-refractivity contribution < 1.29 is 24.2 Å². The molecule has 11 heteroatoms. The van der Waals surface area contributed by atoms with Crippen LogP contribution < -0.4 is 16.0 Å². The summed E-state index contributed by atoms with van der Waals surface area (Å²) in [4.78, 5) is 49.8. The number of nitrogens with one attached hydrogen (secondary N) is 3. The van der Waals surface area contributed by atoms with Crippen LogP contribution in [0.4, 0.5) is 9.59 Å². The van der Waals surface area contributed by atoms with Gasteiger partial charge < -0.3 is 30.7 Å². The zero-order valence-corrected chi connectivity index (χ0v) is 29.2. The van der Waals surface area contributed by atoms with Crippen molar-refractivity contribution in [2.24, 2.45) is 5.92 Å². The lowest BCUT2D eigenvalue weighted by molar-refractivity contribution is -0.125. The van der Waals surface area contributed by atoms with E-state index >= 15 is 0 Å². The number of hydrogen-bond donors (Lipinski definition) is 4. The molecule has 11 nitrogen and oxygen atoms in total. The molecule has 0 aliphatic rings. The number of carbonyl (C=O) groups excluding carboxylic acids is 3. The second kappa shape index (κ2) is 19.0. The van der Waals surface area contributed by atoms with Gasteiger partial charge >= 0.3 is 12.1 Å². The molecule has 4 N–H and O–H groups in total. The quantitative estimate of drug-likeness (QED) is 0.131. The Balaban J connectivity index is 1.48. The summed E-state index contributed by atoms with van der Waals surface area (Å²) < 4.78 is 5.47. The number of aliphatic hydroxyl groups excluding tert-OH is 1. The van der Waals surface area contributed by atoms with Crippen LogP contribution >= 0.6 is 0 Å². The van der Waals surface area contributed by atoms with E-state index in [2.05, 4.69) is 25.9 Å². The summed E-state index contributed by atoms with van der Waals surface area (Å²) in [5, 5.41) is 20.6. The minimum atomic E-state index is -1.06. The maximum Gasteiger partial charge on any atom is 0.407 e. The number of nitrogens with zero attached hydrogens (tertiary/aromatic N) is 3. The number of benzene rings is 2. The second-order valence-corrected chi connectivity index (χ2v) is 13.0. The molecule has 4 atom stereocenters. The predicted molar refractivity (Wildman–Crippen MR) is 192 cm³/mol. The normalized spacial score (nSPS) is 13.4. The van der Waals surface area contributed by atoms with Crippen LogP contribution in [0.3, 0.4) is 0 Å². The highest BCUT2D eigenvalue weighted by Crippen LogP contribution is 2.16. The molecule has 0 saturated carbocycles. The van der Waals surface area contributed by atoms with E-state index in [4.69, 9.17) is 4.74 Å². The summed E-state index contributed by atoms with van der Waals surface area (Å²) in [5.41, 5.74) is 4.49. The zero-order chi connectivity index (χ0) is 35.9. The van der Waals surface area contributed by atoms with Gasteiger partial charge in [-0.05, 0) is 60.4 Å². The van der Waals surface area contributed by atoms with Gasteiger partial charge in [0.1, 0.15) is 12.6 Å². The molecule has 0 fully saturated rings. The van der Waals surface area contributed by atoms with E-state index in [0.29, 0.717) is 19.4 Å². The first kappa shape index (κ1) is 37.5. The third kappa shape index (κ3) is 12.3. The molecular formula is C39H48N6O5. The first-order valence-electron chi connectivity index (χ1n) is 16.9. The number of aryl methyl sites for hydroxylation is 1. The van der Waals surface area contributed by atoms with Crippen LogP contribution in [-0.2, 0) is 35.5 Å². The fourth-order valence-corrected chi connectivity index (χ4v) is 5.64. The number of rotatable bonds is 16. The zero-order valence-electron chi connectivity index (χ0n) is 29.2. The van der Waals surface area contributed by atoms with E-state index in [-0.39, 0.29) is 18.9 Å². The Morgan fingerprint density at radius 1 is 0.800 bits per heavy atom. The van der Waals surface area contributed by atoms with Crippen LogP contribution in [0, 0.1) is 12.8 Å². The van der Waals surface area contributed by atoms with Crippen LogP contribution in [-0.4, -0.2) is 69.3 Å². The standard InChI is InChI=1S/C39H48N6O5/c1-27(2)36(44-38(48)45(4)25-32-18-28(3)22-41-24-32)37(47)43-34(20-30-14-9-6-10-15-30)35(46)21-33(19-29-12-7-5-8-13-29)42-39(49)50-26-31-16-11-17-40-23-31/h5-18,22-24,27,33-36,46H,19-21,25-26H2,1-4H3,(H,42,49)(H,43,47)(H,44,48)/t33-,34-,35-,36-/m0/s1. The van der Waals surface area contributed by atoms with Crippen molar-refractivity contribution in [2.45, 2.75) is 77.4 Å². The van der Waals surface area contributed by atoms with E-state index in [0.717, 1.165) is 27.8 Å². The molecule has 0 aliphatic carbocycles. The average Bonchev–Trinajstić information content (AvgIpc) is 3.10. The molecule has 4 amide bonds. The van der Waals surface area contributed by atoms with E-state index in [1.165, 1.54) is 4.90 Å². The molecule has 0 bridgehead atoms. The number of aliphatic hydroxyl groups is 1. The molecule has 2 heterocycles. The van der Waals surface area contributed by atoms with Crippen LogP contribution in [0.1, 0.15) is 48.1 Å². The fourth-order valence-electron chi connectivity index (χ4n) is 5.64. The first-order valence-corrected chi connectivity index (χ1v) is 16.9. The Morgan fingerprint density at radius 3 is 2.06 bits per heavy atom. The molecule has 50 heavy (non-hydrogen) atoms. The lowest BCUT2D eigenvalue weighted by Crippen LogP contribution is -2.57. The van der Waals surface area contributed by atoms with Crippen LogP contribution in [0.25, 0.3) is 0 Å². The molecular weight excluding hydrogens is 632 g/mol. The predicted octanol–water partition coefficient (Wildman–Crippen LogP) is 4.97. The minimum absolute atomic E-state index is 0.0480. The topological polar surface area (TPSA) is 146 Å². The molecule has 0 radical (unpaired) electrons. The molecule has 4 aromatic rings. The number of alkyl carbamates (subject to hydrolysis) is 1. The monoisotopic (exact) mass is 680 g/mol. The van der Waals surface area contributed by atoms with Gasteiger partial charge in [0.25, 0.3) is 0 Å². The van der Waals surface area contributed by atoms with E-state index in [9.17, 15) is 19.5 Å². The Hall–Kier alpha value is -5.29. The van der Waals surface area contributed by atoms with Crippen molar-refractivity contribution in [2.75, 3.05) is 7.05 Å². The van der Waals surface area contributed by atoms with Crippen molar-refractivity contribution in [1.29, 1.82) is 0 Å². The van der Waals surface area contributed by atoms with Crippen molar-refractivity contribution in [3.8, 4) is 0 Å². The smallest absolute Gasteiger partial charge is 0.407 e. The summed E-state index contributed by atoms with van der Waals surface area (Å²) in [6, 6.07) is 22.2. The Bertz CT molecular complexity index is 1640. The van der Waals surface area contributed by atoms with Gasteiger partial charge in [0.05, 0.1) is 12.1 Å². The molecule has 4 rings (SSSR count). The first-order chi connectivity index (χ1) is 24.1. The molecule has 264 valence electrons. The highest BCUT2D eigenvalue weighted by Gasteiger charge is 2.31. The average molecular weight is 681 g/mol. The van der Waals surface area contributed by atoms with Gasteiger partial charge in [-0.3, -0.25) is 14.8 Å². The summed E-state index contributed by atoms with van der Waals surface area (Å²) in [7, 11) is 1.66. The SMILES string of the molecule is Cc1cncc(CN(C)C(=O)N[C@H](C(=O)N[C@@H](Cc2ccccc2)[C@@H](O)C[C@H](Cc2ccccc2)NC(=O)OCc2cccnc2)C(C)C)c1. The highest BCUT2D eigenvalue weighted by atomic mass is 16.5. The van der Waals surface area contributed by atoms with Gasteiger partial charge in [0.2, 0.25) is 5.91 Å². The van der Waals surface area contributed by atoms with Crippen molar-refractivity contribution >= 4 is 18.0 Å². The number of hydrogen-bond acceptors (Lipinski definition) is 7. The third-order valence-electron chi connectivity index (χ3n) is 8.28. The van der Waals surface area contributed by atoms with Gasteiger partial charge in [-0.15, -0.1) is 0 Å². The van der Waals surface area contributed by atoms with E-state index in [1.54, 1.807) is 37.9 Å². The van der Waals surface area contributed by atoms with Crippen molar-refractivity contribution in [3.63, 3.8) is 0 Å². The van der Waals surface area contributed by atoms with Gasteiger partial charge in [0, 0.05) is 50.0 Å². The highest BCUT2D eigenvalue weighted by molar-refractivity contribution is 5.87. The molecule has 0 saturated heterocycles. The second-order valence-electron chi connectivity index (χ2n) is 13.0. The van der Waals surface area contributed by atoms with Crippen LogP contribution in [0.15, 0.2) is 104 Å². The summed E-state index contributed by atoms with van der Waals surface area (Å²) in [5.74, 6) is -0.660. The Morgan fingerprint density at radius 2 is 1.44 bits per heavy atom. The van der Waals surface area contributed by atoms with Gasteiger partial charge in [0.15, 0.2) is 0 Å². The van der Waals surface area contributed by atoms with Gasteiger partial charge in [-0.2, -0.15) is 0 Å². The third-order valence-corrected chi connectivity index (χ3v) is 8.28. The number of amides is 4. The number of carbonyl (C=O) groups is 3. The van der Waals surface area contributed by atoms with Gasteiger partial charge in [-0.25, -0.2) is 9.59 Å². The fraction of sp³-hybridized carbons (Fsp3) is 0.359. The van der Waals surface area contributed by atoms with Crippen LogP contribution in [0.2, 0.25) is 0 Å².